The zero-order valence-electron chi connectivity index (χ0n) is 13.4. The van der Waals surface area contributed by atoms with Crippen LogP contribution in [0.1, 0.15) is 37.8 Å². The van der Waals surface area contributed by atoms with Crippen molar-refractivity contribution in [1.82, 2.24) is 4.90 Å². The molecule has 3 rings (SSSR count). The quantitative estimate of drug-likeness (QED) is 0.927. The highest BCUT2D eigenvalue weighted by atomic mass is 32.2. The highest BCUT2D eigenvalue weighted by Gasteiger charge is 2.40. The van der Waals surface area contributed by atoms with Gasteiger partial charge in [0, 0.05) is 31.4 Å². The Hall–Kier alpha value is -0.910. The maximum absolute atomic E-state index is 11.6. The summed E-state index contributed by atoms with van der Waals surface area (Å²) in [5, 5.41) is 0. The number of sulfone groups is 1. The minimum Gasteiger partial charge on any atom is -0.327 e. The number of benzene rings is 1. The second kappa shape index (κ2) is 5.95. The van der Waals surface area contributed by atoms with Crippen molar-refractivity contribution in [3.63, 3.8) is 0 Å². The maximum Gasteiger partial charge on any atom is 0.175 e. The summed E-state index contributed by atoms with van der Waals surface area (Å²) in [5.41, 5.74) is 7.48. The normalized spacial score (nSPS) is 31.0. The van der Waals surface area contributed by atoms with Crippen molar-refractivity contribution in [3.05, 3.63) is 29.8 Å². The first-order valence-electron chi connectivity index (χ1n) is 8.16. The summed E-state index contributed by atoms with van der Waals surface area (Å²) in [6, 6.07) is 7.99. The highest BCUT2D eigenvalue weighted by molar-refractivity contribution is 7.90. The topological polar surface area (TPSA) is 63.4 Å². The van der Waals surface area contributed by atoms with Gasteiger partial charge in [-0.3, -0.25) is 4.90 Å². The van der Waals surface area contributed by atoms with Crippen molar-refractivity contribution in [3.8, 4) is 0 Å². The number of fused-ring (bicyclic) bond motifs is 1. The Morgan fingerprint density at radius 2 is 1.86 bits per heavy atom. The second-order valence-electron chi connectivity index (χ2n) is 6.99. The third-order valence-electron chi connectivity index (χ3n) is 5.52. The van der Waals surface area contributed by atoms with Crippen LogP contribution in [0.4, 0.5) is 0 Å². The van der Waals surface area contributed by atoms with E-state index in [1.54, 1.807) is 12.1 Å². The zero-order chi connectivity index (χ0) is 15.9. The molecule has 0 bridgehead atoms. The van der Waals surface area contributed by atoms with Crippen LogP contribution < -0.4 is 5.73 Å². The fourth-order valence-corrected chi connectivity index (χ4v) is 4.70. The molecule has 122 valence electrons. The van der Waals surface area contributed by atoms with Crippen molar-refractivity contribution < 1.29 is 8.42 Å². The molecule has 0 spiro atoms. The molecule has 4 nitrogen and oxygen atoms in total. The van der Waals surface area contributed by atoms with Gasteiger partial charge in [-0.05, 0) is 49.3 Å². The molecule has 1 aromatic rings. The Balaban J connectivity index is 1.73. The number of nitrogens with two attached hydrogens (primary N) is 1. The van der Waals surface area contributed by atoms with Crippen LogP contribution in [-0.2, 0) is 9.84 Å². The molecule has 1 saturated carbocycles. The molecule has 1 aliphatic heterocycles. The number of nitrogens with zero attached hydrogens (tertiary/aromatic N) is 1. The molecule has 2 aliphatic rings. The molecule has 2 N–H and O–H groups in total. The van der Waals surface area contributed by atoms with Gasteiger partial charge in [0.15, 0.2) is 9.84 Å². The van der Waals surface area contributed by atoms with E-state index in [1.807, 2.05) is 12.1 Å². The summed E-state index contributed by atoms with van der Waals surface area (Å²) in [7, 11) is -3.12. The molecule has 0 aromatic heterocycles. The van der Waals surface area contributed by atoms with Gasteiger partial charge in [0.2, 0.25) is 0 Å². The summed E-state index contributed by atoms with van der Waals surface area (Å²) >= 11 is 0. The molecule has 1 aliphatic carbocycles. The van der Waals surface area contributed by atoms with Gasteiger partial charge in [-0.2, -0.15) is 0 Å². The summed E-state index contributed by atoms with van der Waals surface area (Å²) in [6.45, 7) is 4.40. The Labute approximate surface area is 133 Å². The van der Waals surface area contributed by atoms with E-state index < -0.39 is 9.84 Å². The SMILES string of the molecule is CC(c1ccc(S(C)(=O)=O)cc1)N1CC2CCCC(N)C2C1. The fraction of sp³-hybridized carbons (Fsp3) is 0.647. The van der Waals surface area contributed by atoms with Gasteiger partial charge >= 0.3 is 0 Å². The molecule has 5 heteroatoms. The average molecular weight is 322 g/mol. The van der Waals surface area contributed by atoms with Crippen LogP contribution in [0.25, 0.3) is 0 Å². The molecule has 1 aromatic carbocycles. The van der Waals surface area contributed by atoms with Crippen molar-refractivity contribution in [2.75, 3.05) is 19.3 Å². The Bertz CT molecular complexity index is 627. The van der Waals surface area contributed by atoms with E-state index in [0.717, 1.165) is 25.4 Å². The lowest BCUT2D eigenvalue weighted by atomic mass is 9.78. The van der Waals surface area contributed by atoms with Crippen molar-refractivity contribution in [2.45, 2.75) is 43.2 Å². The average Bonchev–Trinajstić information content (AvgIpc) is 2.91. The van der Waals surface area contributed by atoms with Crippen LogP contribution >= 0.6 is 0 Å². The van der Waals surface area contributed by atoms with Crippen LogP contribution in [0.5, 0.6) is 0 Å². The maximum atomic E-state index is 11.6. The molecule has 0 amide bonds. The first-order chi connectivity index (χ1) is 10.4. The summed E-state index contributed by atoms with van der Waals surface area (Å²) in [4.78, 5) is 2.90. The van der Waals surface area contributed by atoms with E-state index in [9.17, 15) is 8.42 Å². The lowest BCUT2D eigenvalue weighted by Crippen LogP contribution is -2.38. The van der Waals surface area contributed by atoms with Gasteiger partial charge in [0.1, 0.15) is 0 Å². The van der Waals surface area contributed by atoms with E-state index >= 15 is 0 Å². The summed E-state index contributed by atoms with van der Waals surface area (Å²) in [6.07, 6.45) is 4.96. The van der Waals surface area contributed by atoms with Gasteiger partial charge in [-0.15, -0.1) is 0 Å². The third kappa shape index (κ3) is 3.07. The minimum absolute atomic E-state index is 0.311. The van der Waals surface area contributed by atoms with E-state index in [-0.39, 0.29) is 0 Å². The largest absolute Gasteiger partial charge is 0.327 e. The second-order valence-corrected chi connectivity index (χ2v) is 9.01. The Morgan fingerprint density at radius 3 is 2.45 bits per heavy atom. The smallest absolute Gasteiger partial charge is 0.175 e. The number of hydrogen-bond acceptors (Lipinski definition) is 4. The minimum atomic E-state index is -3.12. The summed E-state index contributed by atoms with van der Waals surface area (Å²) < 4.78 is 23.1. The molecular formula is C17H26N2O2S. The standard InChI is InChI=1S/C17H26N2O2S/c1-12(13-6-8-15(9-7-13)22(2,20)21)19-10-14-4-3-5-17(18)16(14)11-19/h6-9,12,14,16-17H,3-5,10-11,18H2,1-2H3. The third-order valence-corrected chi connectivity index (χ3v) is 6.65. The van der Waals surface area contributed by atoms with Crippen LogP contribution in [0.3, 0.4) is 0 Å². The van der Waals surface area contributed by atoms with Gasteiger partial charge in [0.25, 0.3) is 0 Å². The molecule has 4 atom stereocenters. The molecule has 4 unspecified atom stereocenters. The predicted molar refractivity (Wildman–Crippen MR) is 88.3 cm³/mol. The van der Waals surface area contributed by atoms with E-state index in [0.29, 0.717) is 22.9 Å². The van der Waals surface area contributed by atoms with Crippen molar-refractivity contribution in [1.29, 1.82) is 0 Å². The van der Waals surface area contributed by atoms with Crippen LogP contribution in [0.2, 0.25) is 0 Å². The Kier molecular flexibility index (Phi) is 4.32. The monoisotopic (exact) mass is 322 g/mol. The van der Waals surface area contributed by atoms with Gasteiger partial charge in [0.05, 0.1) is 4.90 Å². The zero-order valence-corrected chi connectivity index (χ0v) is 14.2. The van der Waals surface area contributed by atoms with Crippen LogP contribution in [0, 0.1) is 11.8 Å². The van der Waals surface area contributed by atoms with Gasteiger partial charge in [-0.25, -0.2) is 8.42 Å². The van der Waals surface area contributed by atoms with Crippen LogP contribution in [0.15, 0.2) is 29.2 Å². The lowest BCUT2D eigenvalue weighted by Gasteiger charge is -2.30. The number of rotatable bonds is 3. The predicted octanol–water partition coefficient (Wildman–Crippen LogP) is 2.21. The van der Waals surface area contributed by atoms with E-state index in [2.05, 4.69) is 11.8 Å². The fourth-order valence-electron chi connectivity index (χ4n) is 4.07. The highest BCUT2D eigenvalue weighted by Crippen LogP contribution is 2.38. The molecule has 22 heavy (non-hydrogen) atoms. The number of likely N-dealkylation sites (tertiary alicyclic amines) is 1. The van der Waals surface area contributed by atoms with E-state index in [1.165, 1.54) is 24.7 Å². The first-order valence-corrected chi connectivity index (χ1v) is 10.0. The van der Waals surface area contributed by atoms with Crippen LogP contribution in [-0.4, -0.2) is 38.7 Å². The van der Waals surface area contributed by atoms with Gasteiger partial charge < -0.3 is 5.73 Å². The van der Waals surface area contributed by atoms with Crippen molar-refractivity contribution in [2.24, 2.45) is 17.6 Å². The molecule has 1 heterocycles. The van der Waals surface area contributed by atoms with Gasteiger partial charge in [-0.1, -0.05) is 18.6 Å². The van der Waals surface area contributed by atoms with Crippen molar-refractivity contribution >= 4 is 9.84 Å². The Morgan fingerprint density at radius 1 is 1.18 bits per heavy atom. The lowest BCUT2D eigenvalue weighted by molar-refractivity contribution is 0.245. The molecule has 0 radical (unpaired) electrons. The number of hydrogen-bond donors (Lipinski definition) is 1. The first kappa shape index (κ1) is 16.0. The molecule has 2 fully saturated rings. The molecule has 1 saturated heterocycles. The summed E-state index contributed by atoms with van der Waals surface area (Å²) in [5.74, 6) is 1.37. The van der Waals surface area contributed by atoms with E-state index in [4.69, 9.17) is 5.73 Å². The molecular weight excluding hydrogens is 296 g/mol.